The summed E-state index contributed by atoms with van der Waals surface area (Å²) in [6.07, 6.45) is 3.44. The lowest BCUT2D eigenvalue weighted by molar-refractivity contribution is -0.151. The number of hydrogen-bond donors (Lipinski definition) is 0. The standard InChI is InChI=1S/C18H19NO5/c1-3-23-17(21)14-13-8-9-18(24-13)10-19(16(20)15(14)18)11-4-6-12(22-2)7-5-11/h4-9,13-15H,3,10H2,1-2H3/t13-,14+,15+,18-/m1/s1. The van der Waals surface area contributed by atoms with Gasteiger partial charge in [0.1, 0.15) is 17.3 Å². The summed E-state index contributed by atoms with van der Waals surface area (Å²) in [4.78, 5) is 27.0. The molecule has 3 aliphatic heterocycles. The molecule has 24 heavy (non-hydrogen) atoms. The number of nitrogens with zero attached hydrogens (tertiary/aromatic N) is 1. The predicted octanol–water partition coefficient (Wildman–Crippen LogP) is 1.54. The van der Waals surface area contributed by atoms with Crippen molar-refractivity contribution in [2.75, 3.05) is 25.2 Å². The molecule has 1 aromatic carbocycles. The minimum absolute atomic E-state index is 0.0925. The molecule has 0 aliphatic carbocycles. The van der Waals surface area contributed by atoms with Crippen molar-refractivity contribution in [3.8, 4) is 5.75 Å². The summed E-state index contributed by atoms with van der Waals surface area (Å²) in [5, 5.41) is 0. The quantitative estimate of drug-likeness (QED) is 0.619. The van der Waals surface area contributed by atoms with E-state index in [-0.39, 0.29) is 18.0 Å². The number of amides is 1. The van der Waals surface area contributed by atoms with Gasteiger partial charge in [-0.1, -0.05) is 12.2 Å². The Morgan fingerprint density at radius 1 is 1.38 bits per heavy atom. The van der Waals surface area contributed by atoms with Crippen molar-refractivity contribution in [2.45, 2.75) is 18.6 Å². The molecule has 0 radical (unpaired) electrons. The third-order valence-corrected chi connectivity index (χ3v) is 5.04. The van der Waals surface area contributed by atoms with Gasteiger partial charge in [-0.25, -0.2) is 0 Å². The molecular weight excluding hydrogens is 310 g/mol. The van der Waals surface area contributed by atoms with Crippen LogP contribution in [0.3, 0.4) is 0 Å². The highest BCUT2D eigenvalue weighted by molar-refractivity contribution is 6.02. The Kier molecular flexibility index (Phi) is 3.38. The van der Waals surface area contributed by atoms with Crippen LogP contribution < -0.4 is 9.64 Å². The zero-order chi connectivity index (χ0) is 16.9. The van der Waals surface area contributed by atoms with E-state index in [1.54, 1.807) is 18.9 Å². The number of methoxy groups -OCH3 is 1. The second-order valence-electron chi connectivity index (χ2n) is 6.27. The second-order valence-corrected chi connectivity index (χ2v) is 6.27. The molecule has 0 aromatic heterocycles. The molecule has 126 valence electrons. The van der Waals surface area contributed by atoms with Gasteiger partial charge < -0.3 is 19.1 Å². The number of carbonyl (C=O) groups excluding carboxylic acids is 2. The molecule has 3 aliphatic rings. The predicted molar refractivity (Wildman–Crippen MR) is 85.7 cm³/mol. The summed E-state index contributed by atoms with van der Waals surface area (Å²) in [7, 11) is 1.60. The topological polar surface area (TPSA) is 65.1 Å². The first-order valence-electron chi connectivity index (χ1n) is 8.09. The van der Waals surface area contributed by atoms with Gasteiger partial charge in [0.15, 0.2) is 0 Å². The molecule has 4 atom stereocenters. The number of fused-ring (bicyclic) bond motifs is 1. The minimum Gasteiger partial charge on any atom is -0.497 e. The monoisotopic (exact) mass is 329 g/mol. The first kappa shape index (κ1) is 15.2. The molecule has 1 amide bonds. The fraction of sp³-hybridized carbons (Fsp3) is 0.444. The van der Waals surface area contributed by atoms with Crippen molar-refractivity contribution in [1.82, 2.24) is 0 Å². The third kappa shape index (κ3) is 1.99. The molecule has 2 bridgehead atoms. The summed E-state index contributed by atoms with van der Waals surface area (Å²) in [5.74, 6) is -0.807. The van der Waals surface area contributed by atoms with Gasteiger partial charge in [-0.15, -0.1) is 0 Å². The molecule has 6 nitrogen and oxygen atoms in total. The van der Waals surface area contributed by atoms with Crippen molar-refractivity contribution in [3.05, 3.63) is 36.4 Å². The van der Waals surface area contributed by atoms with Crippen LogP contribution in [0.25, 0.3) is 0 Å². The van der Waals surface area contributed by atoms with Gasteiger partial charge in [-0.3, -0.25) is 9.59 Å². The summed E-state index contributed by atoms with van der Waals surface area (Å²) in [5.41, 5.74) is 0.0478. The fourth-order valence-corrected chi connectivity index (χ4v) is 3.99. The fourth-order valence-electron chi connectivity index (χ4n) is 3.99. The first-order valence-corrected chi connectivity index (χ1v) is 8.09. The smallest absolute Gasteiger partial charge is 0.312 e. The molecule has 0 saturated carbocycles. The van der Waals surface area contributed by atoms with E-state index < -0.39 is 17.4 Å². The molecule has 3 heterocycles. The lowest BCUT2D eigenvalue weighted by atomic mass is 9.77. The highest BCUT2D eigenvalue weighted by atomic mass is 16.6. The Morgan fingerprint density at radius 3 is 2.79 bits per heavy atom. The number of rotatable bonds is 4. The summed E-state index contributed by atoms with van der Waals surface area (Å²) in [6, 6.07) is 7.30. The lowest BCUT2D eigenvalue weighted by Gasteiger charge is -2.22. The molecular formula is C18H19NO5. The Balaban J connectivity index is 1.65. The van der Waals surface area contributed by atoms with E-state index in [1.807, 2.05) is 36.4 Å². The van der Waals surface area contributed by atoms with Gasteiger partial charge >= 0.3 is 5.97 Å². The molecule has 6 heteroatoms. The van der Waals surface area contributed by atoms with Gasteiger partial charge in [0.25, 0.3) is 0 Å². The number of anilines is 1. The average Bonchev–Trinajstić information content (AvgIpc) is 3.23. The van der Waals surface area contributed by atoms with Crippen molar-refractivity contribution in [1.29, 1.82) is 0 Å². The summed E-state index contributed by atoms with van der Waals surface area (Å²) < 4.78 is 16.4. The van der Waals surface area contributed by atoms with E-state index in [9.17, 15) is 9.59 Å². The van der Waals surface area contributed by atoms with Crippen LogP contribution in [0.1, 0.15) is 6.92 Å². The van der Waals surface area contributed by atoms with E-state index in [0.29, 0.717) is 13.2 Å². The number of hydrogen-bond acceptors (Lipinski definition) is 5. The SMILES string of the molecule is CCOC(=O)[C@@H]1[C@H]2C(=O)N(c3ccc(OC)cc3)C[C@]23C=C[C@H]1O3. The maximum Gasteiger partial charge on any atom is 0.312 e. The molecule has 4 rings (SSSR count). The Hall–Kier alpha value is -2.34. The van der Waals surface area contributed by atoms with E-state index in [1.165, 1.54) is 0 Å². The van der Waals surface area contributed by atoms with Crippen LogP contribution in [0.5, 0.6) is 5.75 Å². The average molecular weight is 329 g/mol. The molecule has 0 unspecified atom stereocenters. The Bertz CT molecular complexity index is 713. The lowest BCUT2D eigenvalue weighted by Crippen LogP contribution is -2.40. The normalized spacial score (nSPS) is 33.0. The largest absolute Gasteiger partial charge is 0.497 e. The van der Waals surface area contributed by atoms with E-state index in [4.69, 9.17) is 14.2 Å². The van der Waals surface area contributed by atoms with E-state index in [0.717, 1.165) is 11.4 Å². The minimum atomic E-state index is -0.723. The van der Waals surface area contributed by atoms with Crippen molar-refractivity contribution in [3.63, 3.8) is 0 Å². The Morgan fingerprint density at radius 2 is 2.12 bits per heavy atom. The van der Waals surface area contributed by atoms with Crippen LogP contribution in [-0.4, -0.2) is 43.8 Å². The van der Waals surface area contributed by atoms with Gasteiger partial charge in [0, 0.05) is 5.69 Å². The zero-order valence-electron chi connectivity index (χ0n) is 13.6. The number of ether oxygens (including phenoxy) is 3. The van der Waals surface area contributed by atoms with Gasteiger partial charge in [-0.2, -0.15) is 0 Å². The van der Waals surface area contributed by atoms with Crippen LogP contribution in [0, 0.1) is 11.8 Å². The Labute approximate surface area is 140 Å². The van der Waals surface area contributed by atoms with Crippen molar-refractivity contribution in [2.24, 2.45) is 11.8 Å². The summed E-state index contributed by atoms with van der Waals surface area (Å²) in [6.45, 7) is 2.46. The maximum absolute atomic E-state index is 13.0. The second kappa shape index (κ2) is 5.34. The number of esters is 1. The molecule has 2 saturated heterocycles. The molecule has 1 aromatic rings. The zero-order valence-corrected chi connectivity index (χ0v) is 13.6. The van der Waals surface area contributed by atoms with Crippen LogP contribution in [0.15, 0.2) is 36.4 Å². The highest BCUT2D eigenvalue weighted by Crippen LogP contribution is 2.52. The van der Waals surface area contributed by atoms with Crippen LogP contribution in [-0.2, 0) is 19.1 Å². The van der Waals surface area contributed by atoms with Crippen molar-refractivity contribution < 1.29 is 23.8 Å². The van der Waals surface area contributed by atoms with Gasteiger partial charge in [-0.05, 0) is 31.2 Å². The van der Waals surface area contributed by atoms with Crippen molar-refractivity contribution >= 4 is 17.6 Å². The summed E-state index contributed by atoms with van der Waals surface area (Å²) >= 11 is 0. The van der Waals surface area contributed by atoms with Gasteiger partial charge in [0.2, 0.25) is 5.91 Å². The molecule has 1 spiro atoms. The van der Waals surface area contributed by atoms with Crippen LogP contribution in [0.4, 0.5) is 5.69 Å². The maximum atomic E-state index is 13.0. The number of benzene rings is 1. The third-order valence-electron chi connectivity index (χ3n) is 5.04. The van der Waals surface area contributed by atoms with E-state index in [2.05, 4.69) is 0 Å². The molecule has 0 N–H and O–H groups in total. The van der Waals surface area contributed by atoms with Crippen LogP contribution >= 0.6 is 0 Å². The number of carbonyl (C=O) groups is 2. The first-order chi connectivity index (χ1) is 11.6. The highest BCUT2D eigenvalue weighted by Gasteiger charge is 2.67. The van der Waals surface area contributed by atoms with Gasteiger partial charge in [0.05, 0.1) is 32.3 Å². The van der Waals surface area contributed by atoms with E-state index >= 15 is 0 Å². The van der Waals surface area contributed by atoms with Crippen LogP contribution in [0.2, 0.25) is 0 Å². The molecule has 2 fully saturated rings.